The van der Waals surface area contributed by atoms with E-state index in [-0.39, 0.29) is 17.7 Å². The number of hydrogen-bond donors (Lipinski definition) is 1. The molecule has 184 valence electrons. The lowest BCUT2D eigenvalue weighted by Gasteiger charge is -2.40. The number of piperidine rings is 1. The molecule has 35 heavy (non-hydrogen) atoms. The number of fused-ring (bicyclic) bond motifs is 1. The van der Waals surface area contributed by atoms with Crippen molar-refractivity contribution in [1.29, 1.82) is 0 Å². The summed E-state index contributed by atoms with van der Waals surface area (Å²) in [6, 6.07) is 6.70. The maximum Gasteiger partial charge on any atom is 0.256 e. The third-order valence-electron chi connectivity index (χ3n) is 7.30. The van der Waals surface area contributed by atoms with Crippen LogP contribution in [-0.2, 0) is 11.2 Å². The van der Waals surface area contributed by atoms with Crippen molar-refractivity contribution >= 4 is 22.7 Å². The minimum Gasteiger partial charge on any atom is -0.497 e. The Bertz CT molecular complexity index is 1310. The summed E-state index contributed by atoms with van der Waals surface area (Å²) in [7, 11) is 1.60. The van der Waals surface area contributed by atoms with Crippen LogP contribution in [0.1, 0.15) is 35.2 Å². The summed E-state index contributed by atoms with van der Waals surface area (Å²) in [4.78, 5) is 32.6. The maximum absolute atomic E-state index is 14.2. The first-order chi connectivity index (χ1) is 16.8. The number of methoxy groups -OCH3 is 1. The zero-order chi connectivity index (χ0) is 24.7. The highest BCUT2D eigenvalue weighted by Gasteiger charge is 2.44. The van der Waals surface area contributed by atoms with Gasteiger partial charge in [0.25, 0.3) is 5.91 Å². The predicted molar refractivity (Wildman–Crippen MR) is 124 cm³/mol. The Kier molecular flexibility index (Phi) is 5.94. The molecule has 1 unspecified atom stereocenters. The van der Waals surface area contributed by atoms with E-state index >= 15 is 0 Å². The molecule has 2 fully saturated rings. The zero-order valence-corrected chi connectivity index (χ0v) is 19.4. The normalized spacial score (nSPS) is 20.1. The van der Waals surface area contributed by atoms with Gasteiger partial charge in [-0.1, -0.05) is 0 Å². The first-order valence-corrected chi connectivity index (χ1v) is 11.6. The highest BCUT2D eigenvalue weighted by Crippen LogP contribution is 2.40. The Morgan fingerprint density at radius 3 is 2.57 bits per heavy atom. The number of amides is 2. The summed E-state index contributed by atoms with van der Waals surface area (Å²) < 4.78 is 46.4. The van der Waals surface area contributed by atoms with Crippen LogP contribution in [0.5, 0.6) is 5.75 Å². The Balaban J connectivity index is 1.28. The number of H-pyrrole nitrogens is 1. The van der Waals surface area contributed by atoms with Crippen LogP contribution in [0.2, 0.25) is 0 Å². The maximum atomic E-state index is 14.2. The number of halogens is 3. The van der Waals surface area contributed by atoms with Crippen LogP contribution in [0.4, 0.5) is 13.2 Å². The number of carbonyl (C=O) groups is 2. The SMILES string of the molecule is COc1ccc2[nH]cc(CC(=O)N3CCCC4(CCN(C(=O)c5cc(F)c(F)cc5F)C4)C3)c2c1. The third kappa shape index (κ3) is 4.35. The van der Waals surface area contributed by atoms with Gasteiger partial charge in [-0.25, -0.2) is 13.2 Å². The molecule has 2 aromatic carbocycles. The van der Waals surface area contributed by atoms with Crippen molar-refractivity contribution < 1.29 is 27.5 Å². The van der Waals surface area contributed by atoms with Crippen LogP contribution in [0.15, 0.2) is 36.5 Å². The lowest BCUT2D eigenvalue weighted by atomic mass is 9.79. The number of benzene rings is 2. The molecule has 2 saturated heterocycles. The number of ether oxygens (including phenoxy) is 1. The quantitative estimate of drug-likeness (QED) is 0.561. The average Bonchev–Trinajstić information content (AvgIpc) is 3.44. The Labute approximate surface area is 200 Å². The molecule has 3 heterocycles. The minimum absolute atomic E-state index is 0.00391. The van der Waals surface area contributed by atoms with E-state index in [0.717, 1.165) is 35.1 Å². The smallest absolute Gasteiger partial charge is 0.256 e. The van der Waals surface area contributed by atoms with Gasteiger partial charge in [0.05, 0.1) is 19.1 Å². The Morgan fingerprint density at radius 2 is 1.77 bits per heavy atom. The van der Waals surface area contributed by atoms with Gasteiger partial charge in [0, 0.05) is 54.8 Å². The Hall–Kier alpha value is -3.49. The molecule has 0 radical (unpaired) electrons. The highest BCUT2D eigenvalue weighted by atomic mass is 19.2. The summed E-state index contributed by atoms with van der Waals surface area (Å²) in [5.41, 5.74) is 1.06. The van der Waals surface area contributed by atoms with Crippen LogP contribution in [0.25, 0.3) is 10.9 Å². The molecule has 2 aliphatic heterocycles. The molecule has 1 N–H and O–H groups in total. The molecular formula is C26H26F3N3O3. The van der Waals surface area contributed by atoms with Crippen molar-refractivity contribution in [1.82, 2.24) is 14.8 Å². The fourth-order valence-electron chi connectivity index (χ4n) is 5.42. The van der Waals surface area contributed by atoms with Gasteiger partial charge in [-0.2, -0.15) is 0 Å². The van der Waals surface area contributed by atoms with E-state index in [4.69, 9.17) is 4.74 Å². The van der Waals surface area contributed by atoms with Crippen LogP contribution < -0.4 is 4.74 Å². The summed E-state index contributed by atoms with van der Waals surface area (Å²) in [6.45, 7) is 1.86. The van der Waals surface area contributed by atoms with E-state index < -0.39 is 28.9 Å². The summed E-state index contributed by atoms with van der Waals surface area (Å²) in [5, 5.41) is 0.940. The first kappa shape index (κ1) is 23.3. The van der Waals surface area contributed by atoms with E-state index in [1.807, 2.05) is 29.3 Å². The molecule has 6 nitrogen and oxygen atoms in total. The van der Waals surface area contributed by atoms with Crippen LogP contribution in [-0.4, -0.2) is 59.9 Å². The number of aromatic nitrogens is 1. The lowest BCUT2D eigenvalue weighted by molar-refractivity contribution is -0.133. The Morgan fingerprint density at radius 1 is 1.00 bits per heavy atom. The van der Waals surface area contributed by atoms with Gasteiger partial charge in [-0.3, -0.25) is 9.59 Å². The standard InChI is InChI=1S/C26H26F3N3O3/c1-35-17-3-4-23-18(10-17)16(13-30-23)9-24(33)31-7-2-5-26(14-31)6-8-32(15-26)25(34)19-11-21(28)22(29)12-20(19)27/h3-4,10-13,30H,2,5-9,14-15H2,1H3. The molecular weight excluding hydrogens is 459 g/mol. The topological polar surface area (TPSA) is 65.6 Å². The molecule has 0 bridgehead atoms. The molecule has 5 rings (SSSR count). The molecule has 2 amide bonds. The van der Waals surface area contributed by atoms with Crippen LogP contribution in [0, 0.1) is 22.9 Å². The highest BCUT2D eigenvalue weighted by molar-refractivity contribution is 5.95. The summed E-state index contributed by atoms with van der Waals surface area (Å²) in [6.07, 6.45) is 4.39. The first-order valence-electron chi connectivity index (χ1n) is 11.6. The van der Waals surface area contributed by atoms with Gasteiger partial charge < -0.3 is 19.5 Å². The van der Waals surface area contributed by atoms with Gasteiger partial charge in [-0.15, -0.1) is 0 Å². The lowest BCUT2D eigenvalue weighted by Crippen LogP contribution is -2.48. The van der Waals surface area contributed by atoms with E-state index in [2.05, 4.69) is 4.98 Å². The molecule has 1 atom stereocenters. The van der Waals surface area contributed by atoms with Crippen molar-refractivity contribution in [3.8, 4) is 5.75 Å². The predicted octanol–water partition coefficient (Wildman–Crippen LogP) is 4.29. The van der Waals surface area contributed by atoms with Crippen LogP contribution in [0.3, 0.4) is 0 Å². The molecule has 9 heteroatoms. The summed E-state index contributed by atoms with van der Waals surface area (Å²) >= 11 is 0. The fourth-order valence-corrected chi connectivity index (χ4v) is 5.42. The molecule has 0 aliphatic carbocycles. The number of aromatic amines is 1. The van der Waals surface area contributed by atoms with Gasteiger partial charge in [0.1, 0.15) is 11.6 Å². The zero-order valence-electron chi connectivity index (χ0n) is 19.4. The van der Waals surface area contributed by atoms with Gasteiger partial charge >= 0.3 is 0 Å². The molecule has 3 aromatic rings. The van der Waals surface area contributed by atoms with Crippen molar-refractivity contribution in [2.45, 2.75) is 25.7 Å². The second-order valence-corrected chi connectivity index (χ2v) is 9.54. The number of hydrogen-bond acceptors (Lipinski definition) is 3. The van der Waals surface area contributed by atoms with E-state index in [9.17, 15) is 22.8 Å². The van der Waals surface area contributed by atoms with Gasteiger partial charge in [0.2, 0.25) is 5.91 Å². The third-order valence-corrected chi connectivity index (χ3v) is 7.30. The molecule has 2 aliphatic rings. The second kappa shape index (κ2) is 8.94. The fraction of sp³-hybridized carbons (Fsp3) is 0.385. The van der Waals surface area contributed by atoms with E-state index in [1.165, 1.54) is 4.90 Å². The molecule has 1 aromatic heterocycles. The van der Waals surface area contributed by atoms with Crippen molar-refractivity contribution in [2.75, 3.05) is 33.3 Å². The van der Waals surface area contributed by atoms with Crippen molar-refractivity contribution in [3.05, 3.63) is 65.1 Å². The van der Waals surface area contributed by atoms with Crippen LogP contribution >= 0.6 is 0 Å². The summed E-state index contributed by atoms with van der Waals surface area (Å²) in [5.74, 6) is -3.60. The van der Waals surface area contributed by atoms with Gasteiger partial charge in [0.15, 0.2) is 11.6 Å². The second-order valence-electron chi connectivity index (χ2n) is 9.54. The van der Waals surface area contributed by atoms with Crippen molar-refractivity contribution in [3.63, 3.8) is 0 Å². The number of rotatable bonds is 4. The van der Waals surface area contributed by atoms with Gasteiger partial charge in [-0.05, 0) is 49.1 Å². The average molecular weight is 486 g/mol. The van der Waals surface area contributed by atoms with E-state index in [1.54, 1.807) is 7.11 Å². The minimum atomic E-state index is -1.33. The van der Waals surface area contributed by atoms with E-state index in [0.29, 0.717) is 44.7 Å². The number of nitrogens with one attached hydrogen (secondary N) is 1. The molecule has 1 spiro atoms. The van der Waals surface area contributed by atoms with Crippen molar-refractivity contribution in [2.24, 2.45) is 5.41 Å². The number of carbonyl (C=O) groups excluding carboxylic acids is 2. The molecule has 0 saturated carbocycles. The number of likely N-dealkylation sites (tertiary alicyclic amines) is 2. The number of nitrogens with zero attached hydrogens (tertiary/aromatic N) is 2. The monoisotopic (exact) mass is 485 g/mol. The largest absolute Gasteiger partial charge is 0.497 e.